The van der Waals surface area contributed by atoms with Crippen LogP contribution in [0.2, 0.25) is 0 Å². The largest absolute Gasteiger partial charge is 0.454 e. The van der Waals surface area contributed by atoms with Crippen LogP contribution in [0.1, 0.15) is 0 Å². The number of aromatic nitrogens is 3. The lowest BCUT2D eigenvalue weighted by atomic mass is 9.99. The maximum Gasteiger partial charge on any atom is 0.160 e. The Bertz CT molecular complexity index is 3430. The first-order valence-corrected chi connectivity index (χ1v) is 18.2. The quantitative estimate of drug-likeness (QED) is 0.185. The molecule has 0 N–H and O–H groups in total. The van der Waals surface area contributed by atoms with Crippen molar-refractivity contribution in [1.29, 1.82) is 0 Å². The van der Waals surface area contributed by atoms with Crippen LogP contribution in [-0.2, 0) is 0 Å². The van der Waals surface area contributed by atoms with E-state index >= 15 is 0 Å². The van der Waals surface area contributed by atoms with Gasteiger partial charge in [-0.05, 0) is 65.7 Å². The van der Waals surface area contributed by atoms with Gasteiger partial charge in [0, 0.05) is 43.6 Å². The zero-order valence-corrected chi connectivity index (χ0v) is 28.9. The van der Waals surface area contributed by atoms with Gasteiger partial charge in [0.25, 0.3) is 0 Å². The van der Waals surface area contributed by atoms with Crippen molar-refractivity contribution >= 4 is 76.7 Å². The molecule has 54 heavy (non-hydrogen) atoms. The molecule has 0 radical (unpaired) electrons. The molecule has 0 aliphatic carbocycles. The molecule has 0 aliphatic heterocycles. The highest BCUT2D eigenvalue weighted by Crippen LogP contribution is 2.44. The van der Waals surface area contributed by atoms with Gasteiger partial charge in [-0.15, -0.1) is 0 Å². The first kappa shape index (κ1) is 29.2. The Morgan fingerprint density at radius 2 is 1.09 bits per heavy atom. The first-order chi connectivity index (χ1) is 26.8. The molecule has 0 atom stereocenters. The Balaban J connectivity index is 1.06. The second-order valence-corrected chi connectivity index (χ2v) is 13.9. The van der Waals surface area contributed by atoms with Crippen LogP contribution in [0.3, 0.4) is 0 Å². The van der Waals surface area contributed by atoms with E-state index < -0.39 is 0 Å². The third kappa shape index (κ3) is 4.06. The van der Waals surface area contributed by atoms with Crippen molar-refractivity contribution in [3.05, 3.63) is 176 Å². The zero-order chi connectivity index (χ0) is 35.3. The monoisotopic (exact) mass is 691 g/mol. The van der Waals surface area contributed by atoms with Crippen LogP contribution >= 0.6 is 0 Å². The summed E-state index contributed by atoms with van der Waals surface area (Å²) in [6, 6.07) is 61.6. The molecule has 8 aromatic carbocycles. The van der Waals surface area contributed by atoms with Crippen LogP contribution in [0.5, 0.6) is 0 Å². The maximum atomic E-state index is 6.87. The van der Waals surface area contributed by atoms with Gasteiger partial charge in [0.2, 0.25) is 0 Å². The van der Waals surface area contributed by atoms with Crippen molar-refractivity contribution in [3.8, 4) is 33.9 Å². The smallest absolute Gasteiger partial charge is 0.160 e. The molecule has 0 saturated carbocycles. The van der Waals surface area contributed by atoms with Gasteiger partial charge in [-0.1, -0.05) is 121 Å². The Hall–Kier alpha value is -7.37. The fraction of sp³-hybridized carbons (Fsp3) is 0. The number of hydrogen-bond donors (Lipinski definition) is 0. The van der Waals surface area contributed by atoms with Crippen LogP contribution in [0.15, 0.2) is 185 Å². The number of benzene rings is 8. The number of imidazole rings is 1. The summed E-state index contributed by atoms with van der Waals surface area (Å²) in [6.07, 6.45) is 0. The summed E-state index contributed by atoms with van der Waals surface area (Å²) in [5.74, 6) is 0.921. The van der Waals surface area contributed by atoms with Crippen molar-refractivity contribution < 1.29 is 8.83 Å². The molecule has 12 rings (SSSR count). The summed E-state index contributed by atoms with van der Waals surface area (Å²) in [5, 5.41) is 6.69. The Morgan fingerprint density at radius 1 is 0.407 bits per heavy atom. The minimum atomic E-state index is 0.838. The highest BCUT2D eigenvalue weighted by molar-refractivity contribution is 6.22. The Kier molecular flexibility index (Phi) is 5.99. The minimum Gasteiger partial charge on any atom is -0.454 e. The first-order valence-electron chi connectivity index (χ1n) is 18.2. The summed E-state index contributed by atoms with van der Waals surface area (Å²) in [6.45, 7) is 0. The zero-order valence-electron chi connectivity index (χ0n) is 28.9. The van der Waals surface area contributed by atoms with Crippen LogP contribution < -0.4 is 0 Å². The van der Waals surface area contributed by atoms with E-state index in [1.54, 1.807) is 0 Å². The third-order valence-electron chi connectivity index (χ3n) is 11.0. The maximum absolute atomic E-state index is 6.87. The summed E-state index contributed by atoms with van der Waals surface area (Å²) < 4.78 is 18.1. The summed E-state index contributed by atoms with van der Waals surface area (Å²) >= 11 is 0. The van der Waals surface area contributed by atoms with E-state index in [9.17, 15) is 0 Å². The molecule has 0 fully saturated rings. The lowest BCUT2D eigenvalue weighted by molar-refractivity contribution is 0.665. The molecule has 5 nitrogen and oxygen atoms in total. The highest BCUT2D eigenvalue weighted by Gasteiger charge is 2.23. The molecule has 4 heterocycles. The van der Waals surface area contributed by atoms with Gasteiger partial charge in [-0.3, -0.25) is 4.57 Å². The lowest BCUT2D eigenvalue weighted by Crippen LogP contribution is -1.97. The number of hydrogen-bond acceptors (Lipinski definition) is 3. The number of furan rings is 2. The fourth-order valence-electron chi connectivity index (χ4n) is 8.59. The Morgan fingerprint density at radius 3 is 1.98 bits per heavy atom. The number of rotatable bonds is 4. The van der Waals surface area contributed by atoms with Crippen LogP contribution in [0.25, 0.3) is 111 Å². The molecule has 4 aromatic heterocycles. The average Bonchev–Trinajstić information content (AvgIpc) is 4.00. The van der Waals surface area contributed by atoms with Crippen molar-refractivity contribution in [2.45, 2.75) is 0 Å². The van der Waals surface area contributed by atoms with Crippen molar-refractivity contribution in [1.82, 2.24) is 14.1 Å². The van der Waals surface area contributed by atoms with E-state index in [0.717, 1.165) is 105 Å². The van der Waals surface area contributed by atoms with E-state index in [1.165, 1.54) is 5.39 Å². The number of fused-ring (bicyclic) bond motifs is 11. The van der Waals surface area contributed by atoms with Crippen LogP contribution in [-0.4, -0.2) is 14.1 Å². The fourth-order valence-corrected chi connectivity index (χ4v) is 8.59. The normalized spacial score (nSPS) is 12.1. The average molecular weight is 692 g/mol. The van der Waals surface area contributed by atoms with E-state index in [-0.39, 0.29) is 0 Å². The third-order valence-corrected chi connectivity index (χ3v) is 11.0. The van der Waals surface area contributed by atoms with Crippen LogP contribution in [0.4, 0.5) is 0 Å². The second kappa shape index (κ2) is 11.1. The molecule has 12 aromatic rings. The van der Waals surface area contributed by atoms with Crippen molar-refractivity contribution in [2.75, 3.05) is 0 Å². The number of nitrogens with zero attached hydrogens (tertiary/aromatic N) is 3. The van der Waals surface area contributed by atoms with Crippen molar-refractivity contribution in [3.63, 3.8) is 0 Å². The predicted molar refractivity (Wildman–Crippen MR) is 221 cm³/mol. The van der Waals surface area contributed by atoms with E-state index in [2.05, 4.69) is 161 Å². The summed E-state index contributed by atoms with van der Waals surface area (Å²) in [4.78, 5) is 5.05. The molecule has 252 valence electrons. The minimum absolute atomic E-state index is 0.838. The molecule has 0 unspecified atom stereocenters. The number of para-hydroxylation sites is 5. The molecule has 0 spiro atoms. The van der Waals surface area contributed by atoms with Gasteiger partial charge in [0.15, 0.2) is 11.2 Å². The molecular formula is C49H29N3O2. The molecular weight excluding hydrogens is 663 g/mol. The molecule has 5 heteroatoms. The summed E-state index contributed by atoms with van der Waals surface area (Å²) in [7, 11) is 0. The predicted octanol–water partition coefficient (Wildman–Crippen LogP) is 13.3. The van der Waals surface area contributed by atoms with Gasteiger partial charge < -0.3 is 13.4 Å². The van der Waals surface area contributed by atoms with E-state index in [1.807, 2.05) is 24.3 Å². The van der Waals surface area contributed by atoms with Gasteiger partial charge in [0.05, 0.1) is 27.8 Å². The van der Waals surface area contributed by atoms with Gasteiger partial charge in [-0.2, -0.15) is 0 Å². The second-order valence-electron chi connectivity index (χ2n) is 13.9. The standard InChI is InChI=1S/C49H29N3O2/c1-2-12-31(13-3-1)49-50-39-18-6-8-20-41(39)51(49)32-26-24-30(25-27-32)33-16-11-23-44-45(33)38-17-10-21-42(47(38)54-44)52-40-19-7-4-14-34(40)36-28-29-37-35-15-5-9-22-43(35)53-48(37)46(36)52/h1-29H. The van der Waals surface area contributed by atoms with Gasteiger partial charge in [0.1, 0.15) is 17.0 Å². The lowest BCUT2D eigenvalue weighted by Gasteiger charge is -2.11. The van der Waals surface area contributed by atoms with E-state index in [0.29, 0.717) is 0 Å². The van der Waals surface area contributed by atoms with Crippen LogP contribution in [0, 0.1) is 0 Å². The molecule has 0 aliphatic rings. The van der Waals surface area contributed by atoms with Crippen molar-refractivity contribution in [2.24, 2.45) is 0 Å². The molecule has 0 saturated heterocycles. The van der Waals surface area contributed by atoms with Gasteiger partial charge in [-0.25, -0.2) is 4.98 Å². The Labute approximate surface area is 308 Å². The SMILES string of the molecule is c1ccc(-c2nc3ccccc3n2-c2ccc(-c3cccc4oc5c(-n6c7ccccc7c7ccc8c9ccccc9oc8c76)cccc5c34)cc2)cc1. The summed E-state index contributed by atoms with van der Waals surface area (Å²) in [5.41, 5.74) is 13.0. The topological polar surface area (TPSA) is 49.0 Å². The molecule has 0 amide bonds. The molecule has 0 bridgehead atoms. The van der Waals surface area contributed by atoms with Gasteiger partial charge >= 0.3 is 0 Å². The van der Waals surface area contributed by atoms with E-state index in [4.69, 9.17) is 13.8 Å². The highest BCUT2D eigenvalue weighted by atomic mass is 16.3.